The second-order valence-corrected chi connectivity index (χ2v) is 5.51. The van der Waals surface area contributed by atoms with Gasteiger partial charge in [-0.2, -0.15) is 0 Å². The molecular weight excluding hydrogens is 438 g/mol. The van der Waals surface area contributed by atoms with E-state index in [4.69, 9.17) is 33.5 Å². The Balaban J connectivity index is 0.00000242. The van der Waals surface area contributed by atoms with E-state index in [0.29, 0.717) is 22.5 Å². The van der Waals surface area contributed by atoms with Crippen molar-refractivity contribution in [2.24, 2.45) is 10.7 Å². The second-order valence-electron chi connectivity index (χ2n) is 4.66. The molecule has 0 saturated carbocycles. The lowest BCUT2D eigenvalue weighted by molar-refractivity contribution is 0.391. The summed E-state index contributed by atoms with van der Waals surface area (Å²) < 4.78 is 4.96. The minimum absolute atomic E-state index is 0. The van der Waals surface area contributed by atoms with Gasteiger partial charge in [0, 0.05) is 16.1 Å². The van der Waals surface area contributed by atoms with E-state index in [0.717, 1.165) is 17.0 Å². The summed E-state index contributed by atoms with van der Waals surface area (Å²) in [6.45, 7) is 4.13. The van der Waals surface area contributed by atoms with Crippen molar-refractivity contribution in [2.75, 3.05) is 0 Å². The third kappa shape index (κ3) is 5.33. The topological polar surface area (TPSA) is 76.4 Å². The van der Waals surface area contributed by atoms with E-state index < -0.39 is 0 Å². The smallest absolute Gasteiger partial charge is 0.189 e. The van der Waals surface area contributed by atoms with Crippen molar-refractivity contribution in [2.45, 2.75) is 26.4 Å². The summed E-state index contributed by atoms with van der Waals surface area (Å²) in [4.78, 5) is 4.21. The van der Waals surface area contributed by atoms with Crippen molar-refractivity contribution >= 4 is 53.1 Å². The van der Waals surface area contributed by atoms with Gasteiger partial charge in [0.05, 0.1) is 12.6 Å². The van der Waals surface area contributed by atoms with Crippen LogP contribution in [0.15, 0.2) is 33.8 Å². The largest absolute Gasteiger partial charge is 0.370 e. The third-order valence-corrected chi connectivity index (χ3v) is 3.44. The van der Waals surface area contributed by atoms with Crippen LogP contribution < -0.4 is 11.1 Å². The van der Waals surface area contributed by atoms with Gasteiger partial charge in [-0.15, -0.1) is 24.0 Å². The predicted molar refractivity (Wildman–Crippen MR) is 100.0 cm³/mol. The van der Waals surface area contributed by atoms with Gasteiger partial charge in [0.25, 0.3) is 0 Å². The highest BCUT2D eigenvalue weighted by atomic mass is 127. The highest BCUT2D eigenvalue weighted by Gasteiger charge is 2.10. The number of nitrogens with one attached hydrogen (secondary N) is 1. The molecule has 2 aromatic rings. The lowest BCUT2D eigenvalue weighted by atomic mass is 10.1. The first kappa shape index (κ1) is 19.1. The van der Waals surface area contributed by atoms with Crippen LogP contribution in [0.2, 0.25) is 10.0 Å². The highest BCUT2D eigenvalue weighted by Crippen LogP contribution is 2.25. The average Bonchev–Trinajstić information content (AvgIpc) is 2.82. The summed E-state index contributed by atoms with van der Waals surface area (Å²) >= 11 is 12.0. The number of hydrogen-bond acceptors (Lipinski definition) is 3. The van der Waals surface area contributed by atoms with Crippen LogP contribution in [0.5, 0.6) is 0 Å². The molecular formula is C14H17Cl2IN4O. The van der Waals surface area contributed by atoms with Gasteiger partial charge in [-0.25, -0.2) is 4.99 Å². The molecule has 0 aliphatic carbocycles. The maximum atomic E-state index is 6.16. The number of aromatic nitrogens is 1. The first-order valence-corrected chi connectivity index (χ1v) is 7.15. The SMILES string of the molecule is Cc1cc(CN=C(N)NC(C)c2ccc(Cl)cc2Cl)no1.I. The van der Waals surface area contributed by atoms with Gasteiger partial charge >= 0.3 is 0 Å². The van der Waals surface area contributed by atoms with Crippen molar-refractivity contribution in [3.05, 3.63) is 51.3 Å². The first-order chi connectivity index (χ1) is 9.95. The number of hydrogen-bond donors (Lipinski definition) is 2. The minimum Gasteiger partial charge on any atom is -0.370 e. The van der Waals surface area contributed by atoms with E-state index in [9.17, 15) is 0 Å². The van der Waals surface area contributed by atoms with E-state index in [-0.39, 0.29) is 30.0 Å². The maximum Gasteiger partial charge on any atom is 0.189 e. The molecule has 2 rings (SSSR count). The van der Waals surface area contributed by atoms with Gasteiger partial charge < -0.3 is 15.6 Å². The van der Waals surface area contributed by atoms with Gasteiger partial charge in [-0.05, 0) is 31.5 Å². The van der Waals surface area contributed by atoms with E-state index in [1.54, 1.807) is 12.1 Å². The predicted octanol–water partition coefficient (Wildman–Crippen LogP) is 4.07. The van der Waals surface area contributed by atoms with Crippen LogP contribution >= 0.6 is 47.2 Å². The van der Waals surface area contributed by atoms with Gasteiger partial charge in [-0.1, -0.05) is 34.4 Å². The Morgan fingerprint density at radius 3 is 2.73 bits per heavy atom. The number of rotatable bonds is 4. The molecule has 8 heteroatoms. The number of aliphatic imine (C=N–C) groups is 1. The molecule has 1 heterocycles. The summed E-state index contributed by atoms with van der Waals surface area (Å²) in [5.74, 6) is 1.06. The van der Waals surface area contributed by atoms with Crippen LogP contribution in [0.3, 0.4) is 0 Å². The standard InChI is InChI=1S/C14H16Cl2N4O.HI/c1-8-5-11(20-21-8)7-18-14(17)19-9(2)12-4-3-10(15)6-13(12)16;/h3-6,9H,7H2,1-2H3,(H3,17,18,19);1H. The van der Waals surface area contributed by atoms with Crippen LogP contribution in [-0.4, -0.2) is 11.1 Å². The Bertz CT molecular complexity index is 660. The average molecular weight is 455 g/mol. The van der Waals surface area contributed by atoms with Crippen molar-refractivity contribution in [3.63, 3.8) is 0 Å². The summed E-state index contributed by atoms with van der Waals surface area (Å²) in [6, 6.07) is 7.07. The first-order valence-electron chi connectivity index (χ1n) is 6.39. The number of guanidine groups is 1. The third-order valence-electron chi connectivity index (χ3n) is 2.88. The summed E-state index contributed by atoms with van der Waals surface area (Å²) in [7, 11) is 0. The Hall–Kier alpha value is -0.990. The molecule has 1 aromatic heterocycles. The molecule has 3 N–H and O–H groups in total. The zero-order chi connectivity index (χ0) is 15.4. The van der Waals surface area contributed by atoms with Gasteiger partial charge in [0.2, 0.25) is 0 Å². The van der Waals surface area contributed by atoms with E-state index >= 15 is 0 Å². The number of nitrogens with zero attached hydrogens (tertiary/aromatic N) is 2. The summed E-state index contributed by atoms with van der Waals surface area (Å²) in [6.07, 6.45) is 0. The molecule has 0 saturated heterocycles. The van der Waals surface area contributed by atoms with E-state index in [2.05, 4.69) is 15.5 Å². The van der Waals surface area contributed by atoms with Crippen molar-refractivity contribution < 1.29 is 4.52 Å². The van der Waals surface area contributed by atoms with Crippen LogP contribution in [0.25, 0.3) is 0 Å². The highest BCUT2D eigenvalue weighted by molar-refractivity contribution is 14.0. The zero-order valence-corrected chi connectivity index (χ0v) is 16.0. The van der Waals surface area contributed by atoms with Gasteiger partial charge in [-0.3, -0.25) is 0 Å². The lowest BCUT2D eigenvalue weighted by Crippen LogP contribution is -2.34. The molecule has 0 bridgehead atoms. The molecule has 1 aromatic carbocycles. The number of aryl methyl sites for hydroxylation is 1. The molecule has 0 aliphatic heterocycles. The fourth-order valence-corrected chi connectivity index (χ4v) is 2.43. The fourth-order valence-electron chi connectivity index (χ4n) is 1.86. The molecule has 5 nitrogen and oxygen atoms in total. The number of halogens is 3. The molecule has 1 atom stereocenters. The van der Waals surface area contributed by atoms with Crippen molar-refractivity contribution in [1.82, 2.24) is 10.5 Å². The molecule has 22 heavy (non-hydrogen) atoms. The summed E-state index contributed by atoms with van der Waals surface area (Å²) in [5, 5.41) is 8.10. The Morgan fingerprint density at radius 1 is 1.41 bits per heavy atom. The van der Waals surface area contributed by atoms with Crippen LogP contribution in [0.1, 0.15) is 30.0 Å². The van der Waals surface area contributed by atoms with Crippen molar-refractivity contribution in [1.29, 1.82) is 0 Å². The van der Waals surface area contributed by atoms with Crippen LogP contribution in [-0.2, 0) is 6.54 Å². The van der Waals surface area contributed by atoms with Crippen LogP contribution in [0.4, 0.5) is 0 Å². The normalized spacial score (nSPS) is 12.6. The van der Waals surface area contributed by atoms with Crippen molar-refractivity contribution in [3.8, 4) is 0 Å². The molecule has 0 fully saturated rings. The van der Waals surface area contributed by atoms with Gasteiger partial charge in [0.1, 0.15) is 11.5 Å². The number of benzene rings is 1. The Kier molecular flexibility index (Phi) is 7.44. The maximum absolute atomic E-state index is 6.16. The monoisotopic (exact) mass is 454 g/mol. The molecule has 120 valence electrons. The molecule has 0 radical (unpaired) electrons. The Labute approximate surface area is 156 Å². The van der Waals surface area contributed by atoms with E-state index in [1.807, 2.05) is 26.0 Å². The van der Waals surface area contributed by atoms with Crippen LogP contribution in [0, 0.1) is 6.92 Å². The quantitative estimate of drug-likeness (QED) is 0.414. The second kappa shape index (κ2) is 8.59. The molecule has 0 amide bonds. The lowest BCUT2D eigenvalue weighted by Gasteiger charge is -2.16. The molecule has 0 aliphatic rings. The Morgan fingerprint density at radius 2 is 2.14 bits per heavy atom. The molecule has 0 spiro atoms. The van der Waals surface area contributed by atoms with Gasteiger partial charge in [0.15, 0.2) is 5.96 Å². The number of nitrogens with two attached hydrogens (primary N) is 1. The fraction of sp³-hybridized carbons (Fsp3) is 0.286. The van der Waals surface area contributed by atoms with E-state index in [1.165, 1.54) is 0 Å². The zero-order valence-electron chi connectivity index (χ0n) is 12.1. The minimum atomic E-state index is -0.0856. The molecule has 1 unspecified atom stereocenters. The summed E-state index contributed by atoms with van der Waals surface area (Å²) in [5.41, 5.74) is 7.49.